The maximum absolute atomic E-state index is 14.8. The number of aromatic amines is 1. The van der Waals surface area contributed by atoms with Gasteiger partial charge in [-0.25, -0.2) is 14.6 Å². The Balaban J connectivity index is 1.56. The number of carbonyl (C=O) groups is 4. The zero-order valence-corrected chi connectivity index (χ0v) is 38.4. The first-order valence-electron chi connectivity index (χ1n) is 22.1. The molecule has 336 valence electrons. The maximum Gasteiger partial charge on any atom is 0.342 e. The van der Waals surface area contributed by atoms with Gasteiger partial charge in [0.15, 0.2) is 0 Å². The Hall–Kier alpha value is -5.24. The number of thioether (sulfide) groups is 1. The molecule has 12 nitrogen and oxygen atoms in total. The fourth-order valence-electron chi connectivity index (χ4n) is 9.84. The Bertz CT molecular complexity index is 2230. The Morgan fingerprint density at radius 2 is 1.33 bits per heavy atom. The number of amidine groups is 1. The van der Waals surface area contributed by atoms with E-state index in [-0.39, 0.29) is 58.7 Å². The molecule has 2 aliphatic carbocycles. The minimum absolute atomic E-state index is 0.0000305. The van der Waals surface area contributed by atoms with Crippen molar-refractivity contribution in [3.05, 3.63) is 101 Å². The molecule has 2 fully saturated rings. The normalized spacial score (nSPS) is 26.4. The summed E-state index contributed by atoms with van der Waals surface area (Å²) in [5.74, 6) is -0.680. The monoisotopic (exact) mass is 878 g/mol. The predicted molar refractivity (Wildman–Crippen MR) is 249 cm³/mol. The fraction of sp³-hybridized carbons (Fsp3) is 0.460. The van der Waals surface area contributed by atoms with E-state index in [1.165, 1.54) is 11.8 Å². The molecule has 2 heterocycles. The van der Waals surface area contributed by atoms with E-state index in [1.54, 1.807) is 19.9 Å². The molecule has 1 aromatic heterocycles. The van der Waals surface area contributed by atoms with Gasteiger partial charge in [-0.3, -0.25) is 9.59 Å². The van der Waals surface area contributed by atoms with E-state index in [0.717, 1.165) is 31.8 Å². The van der Waals surface area contributed by atoms with Gasteiger partial charge >= 0.3 is 11.9 Å². The van der Waals surface area contributed by atoms with E-state index in [2.05, 4.69) is 63.7 Å². The van der Waals surface area contributed by atoms with Crippen LogP contribution >= 0.6 is 11.8 Å². The summed E-state index contributed by atoms with van der Waals surface area (Å²) in [5, 5.41) is 14.4. The highest BCUT2D eigenvalue weighted by molar-refractivity contribution is 8.01. The summed E-state index contributed by atoms with van der Waals surface area (Å²) in [5.41, 5.74) is 2.55. The van der Waals surface area contributed by atoms with E-state index in [9.17, 15) is 24.3 Å². The quantitative estimate of drug-likeness (QED) is 0.0701. The lowest BCUT2D eigenvalue weighted by Crippen LogP contribution is -2.39. The van der Waals surface area contributed by atoms with Crippen molar-refractivity contribution >= 4 is 58.8 Å². The molecule has 3 aromatic rings. The molecule has 63 heavy (non-hydrogen) atoms. The third kappa shape index (κ3) is 11.1. The zero-order valence-electron chi connectivity index (χ0n) is 37.6. The van der Waals surface area contributed by atoms with Gasteiger partial charge in [0.05, 0.1) is 16.6 Å². The predicted octanol–water partition coefficient (Wildman–Crippen LogP) is 9.40. The summed E-state index contributed by atoms with van der Waals surface area (Å²) in [4.78, 5) is 64.7. The van der Waals surface area contributed by atoms with Gasteiger partial charge in [-0.15, -0.1) is 11.8 Å². The lowest BCUT2D eigenvalue weighted by molar-refractivity contribution is -0.152. The van der Waals surface area contributed by atoms with Crippen LogP contribution < -0.4 is 10.6 Å². The SMILES string of the molecule is C=CC(=O)NC1=NC(=Cc2[nH]c(NC(=O)C(C)SC(C)OCO)c(C(=O)OC3C(C)CC(C)CC3C)c2-c2ccccc2)C(c2ccccc2)=C1C(=O)OC1C(C)CC(C)CC1C. The van der Waals surface area contributed by atoms with Gasteiger partial charge in [0.25, 0.3) is 0 Å². The average molecular weight is 879 g/mol. The number of rotatable bonds is 14. The number of hydrogen-bond acceptors (Lipinski definition) is 10. The lowest BCUT2D eigenvalue weighted by atomic mass is 9.75. The second kappa shape index (κ2) is 21.0. The number of nitrogens with zero attached hydrogens (tertiary/aromatic N) is 1. The Morgan fingerprint density at radius 3 is 1.86 bits per heavy atom. The topological polar surface area (TPSA) is 168 Å². The van der Waals surface area contributed by atoms with Crippen molar-refractivity contribution in [2.45, 2.75) is 104 Å². The molecule has 13 heteroatoms. The van der Waals surface area contributed by atoms with Crippen molar-refractivity contribution in [2.24, 2.45) is 40.5 Å². The highest BCUT2D eigenvalue weighted by atomic mass is 32.2. The van der Waals surface area contributed by atoms with Crippen LogP contribution in [0.5, 0.6) is 0 Å². The summed E-state index contributed by atoms with van der Waals surface area (Å²) in [6, 6.07) is 18.6. The highest BCUT2D eigenvalue weighted by Gasteiger charge is 2.40. The van der Waals surface area contributed by atoms with E-state index in [0.29, 0.717) is 45.5 Å². The molecular weight excluding hydrogens is 817 g/mol. The number of aliphatic hydroxyl groups excluding tert-OH is 1. The summed E-state index contributed by atoms with van der Waals surface area (Å²) >= 11 is 1.20. The lowest BCUT2D eigenvalue weighted by Gasteiger charge is -2.37. The van der Waals surface area contributed by atoms with Crippen molar-refractivity contribution in [2.75, 3.05) is 12.1 Å². The highest BCUT2D eigenvalue weighted by Crippen LogP contribution is 2.43. The van der Waals surface area contributed by atoms with Gasteiger partial charge in [-0.1, -0.05) is 109 Å². The van der Waals surface area contributed by atoms with Crippen LogP contribution in [0.4, 0.5) is 5.82 Å². The maximum atomic E-state index is 14.8. The zero-order chi connectivity index (χ0) is 45.5. The number of benzene rings is 2. The van der Waals surface area contributed by atoms with Crippen LogP contribution in [-0.4, -0.2) is 69.4 Å². The van der Waals surface area contributed by atoms with Crippen LogP contribution in [0.2, 0.25) is 0 Å². The number of aliphatic imine (C=N–C) groups is 1. The number of esters is 2. The van der Waals surface area contributed by atoms with Crippen molar-refractivity contribution < 1.29 is 38.5 Å². The number of allylic oxidation sites excluding steroid dienone is 1. The van der Waals surface area contributed by atoms with Gasteiger partial charge in [0.2, 0.25) is 11.8 Å². The van der Waals surface area contributed by atoms with E-state index < -0.39 is 41.2 Å². The number of nitrogens with one attached hydrogen (secondary N) is 3. The number of hydrogen-bond donors (Lipinski definition) is 4. The van der Waals surface area contributed by atoms with Gasteiger partial charge in [-0.05, 0) is 98.3 Å². The van der Waals surface area contributed by atoms with E-state index >= 15 is 0 Å². The molecule has 6 atom stereocenters. The molecule has 3 aliphatic rings. The number of aromatic nitrogens is 1. The van der Waals surface area contributed by atoms with Crippen LogP contribution in [0.15, 0.2) is 89.6 Å². The summed E-state index contributed by atoms with van der Waals surface area (Å²) < 4.78 is 18.1. The minimum Gasteiger partial charge on any atom is -0.458 e. The number of carbonyl (C=O) groups excluding carboxylic acids is 4. The summed E-state index contributed by atoms with van der Waals surface area (Å²) in [6.45, 7) is 19.4. The smallest absolute Gasteiger partial charge is 0.342 e. The molecule has 4 N–H and O–H groups in total. The van der Waals surface area contributed by atoms with Gasteiger partial charge in [-0.2, -0.15) is 0 Å². The Morgan fingerprint density at radius 1 is 0.810 bits per heavy atom. The molecule has 0 radical (unpaired) electrons. The second-order valence-electron chi connectivity index (χ2n) is 17.8. The summed E-state index contributed by atoms with van der Waals surface area (Å²) in [6.07, 6.45) is 5.75. The molecule has 1 aliphatic heterocycles. The second-order valence-corrected chi connectivity index (χ2v) is 19.4. The molecule has 2 saturated carbocycles. The molecular formula is C50H62N4O8S. The third-order valence-corrected chi connectivity index (χ3v) is 13.5. The van der Waals surface area contributed by atoms with Crippen molar-refractivity contribution in [3.8, 4) is 11.1 Å². The van der Waals surface area contributed by atoms with E-state index in [4.69, 9.17) is 19.2 Å². The first kappa shape index (κ1) is 47.2. The average Bonchev–Trinajstić information content (AvgIpc) is 3.78. The number of H-pyrrole nitrogens is 1. The van der Waals surface area contributed by atoms with Crippen molar-refractivity contribution in [1.82, 2.24) is 10.3 Å². The Kier molecular flexibility index (Phi) is 15.7. The molecule has 6 unspecified atom stereocenters. The van der Waals surface area contributed by atoms with Crippen LogP contribution in [0, 0.1) is 35.5 Å². The molecule has 2 amide bonds. The fourth-order valence-corrected chi connectivity index (χ4v) is 10.7. The first-order valence-corrected chi connectivity index (χ1v) is 23.0. The van der Waals surface area contributed by atoms with Crippen LogP contribution in [0.1, 0.15) is 103 Å². The molecule has 0 spiro atoms. The number of anilines is 1. The molecule has 2 aromatic carbocycles. The summed E-state index contributed by atoms with van der Waals surface area (Å²) in [7, 11) is 0. The largest absolute Gasteiger partial charge is 0.458 e. The van der Waals surface area contributed by atoms with Crippen LogP contribution in [0.3, 0.4) is 0 Å². The van der Waals surface area contributed by atoms with Gasteiger partial charge in [0.1, 0.15) is 47.2 Å². The molecule has 6 rings (SSSR count). The van der Waals surface area contributed by atoms with Gasteiger partial charge in [0, 0.05) is 11.1 Å². The van der Waals surface area contributed by atoms with Crippen molar-refractivity contribution in [1.29, 1.82) is 0 Å². The number of amides is 2. The standard InChI is InChI=1S/C50H62N4O8S/c1-10-39(56)53-46-42(49(58)61-44-29(4)21-27(2)22-30(44)5)40(35-17-13-11-14-18-35)37(51-46)25-38-41(36-19-15-12-16-20-36)43(50(59)62-45-31(6)23-28(3)24-32(45)7)47(52-38)54-48(57)33(8)63-34(9)60-26-55/h10-20,25,27-34,44-45,52,55H,1,21-24,26H2,2-9H3,(H,54,57)(H,51,53,56). The number of aliphatic hydroxyl groups is 1. The van der Waals surface area contributed by atoms with Crippen LogP contribution in [0.25, 0.3) is 22.8 Å². The Labute approximate surface area is 375 Å². The van der Waals surface area contributed by atoms with E-state index in [1.807, 2.05) is 60.7 Å². The minimum atomic E-state index is -0.657. The molecule has 0 saturated heterocycles. The van der Waals surface area contributed by atoms with Crippen molar-refractivity contribution in [3.63, 3.8) is 0 Å². The first-order chi connectivity index (χ1) is 30.1. The van der Waals surface area contributed by atoms with Gasteiger partial charge < -0.3 is 34.9 Å². The molecule has 0 bridgehead atoms. The third-order valence-electron chi connectivity index (χ3n) is 12.4. The number of ether oxygens (including phenoxy) is 3. The van der Waals surface area contributed by atoms with Crippen LogP contribution in [-0.2, 0) is 28.6 Å².